The van der Waals surface area contributed by atoms with E-state index in [1.54, 1.807) is 12.1 Å². The van der Waals surface area contributed by atoms with Gasteiger partial charge in [0.25, 0.3) is 0 Å². The quantitative estimate of drug-likeness (QED) is 0.692. The van der Waals surface area contributed by atoms with Crippen LogP contribution in [0.15, 0.2) is 24.3 Å². The second-order valence-electron chi connectivity index (χ2n) is 2.61. The van der Waals surface area contributed by atoms with E-state index in [0.29, 0.717) is 0 Å². The van der Waals surface area contributed by atoms with E-state index < -0.39 is 9.05 Å². The predicted octanol–water partition coefficient (Wildman–Crippen LogP) is 2.06. The molecule has 0 aromatic heterocycles. The molecule has 0 aliphatic heterocycles. The number of halogens is 1. The minimum Gasteiger partial charge on any atom is -0.212 e. The zero-order valence-electron chi connectivity index (χ0n) is 6.62. The normalized spacial score (nSPS) is 11.5. The average Bonchev–Trinajstić information content (AvgIpc) is 1.91. The van der Waals surface area contributed by atoms with Crippen LogP contribution in [0, 0.1) is 6.92 Å². The Morgan fingerprint density at radius 2 is 1.92 bits per heavy atom. The third-order valence-corrected chi connectivity index (χ3v) is 2.57. The number of benzene rings is 1. The average molecular weight is 205 g/mol. The van der Waals surface area contributed by atoms with Gasteiger partial charge in [-0.25, -0.2) is 8.42 Å². The first-order chi connectivity index (χ1) is 5.49. The van der Waals surface area contributed by atoms with Crippen molar-refractivity contribution in [1.29, 1.82) is 0 Å². The second-order valence-corrected chi connectivity index (χ2v) is 5.39. The molecule has 1 rings (SSSR count). The fraction of sp³-hybridized carbons (Fsp3) is 0.250. The summed E-state index contributed by atoms with van der Waals surface area (Å²) in [6.45, 7) is 1.86. The van der Waals surface area contributed by atoms with Crippen LogP contribution in [-0.4, -0.2) is 8.42 Å². The standard InChI is InChI=1S/C8H9ClO2S/c1-7-4-2-3-5-8(7)6-12(9,10)11/h2-5H,6H2,1H3. The molecule has 0 aliphatic carbocycles. The van der Waals surface area contributed by atoms with Gasteiger partial charge in [-0.3, -0.25) is 0 Å². The Balaban J connectivity index is 2.98. The van der Waals surface area contributed by atoms with Crippen LogP contribution in [0.2, 0.25) is 0 Å². The molecule has 0 atom stereocenters. The highest BCUT2D eigenvalue weighted by Gasteiger charge is 2.07. The topological polar surface area (TPSA) is 34.1 Å². The lowest BCUT2D eigenvalue weighted by atomic mass is 10.1. The van der Waals surface area contributed by atoms with E-state index in [4.69, 9.17) is 10.7 Å². The van der Waals surface area contributed by atoms with Gasteiger partial charge in [0.05, 0.1) is 5.75 Å². The Morgan fingerprint density at radius 1 is 1.33 bits per heavy atom. The zero-order chi connectivity index (χ0) is 9.19. The third kappa shape index (κ3) is 2.83. The van der Waals surface area contributed by atoms with E-state index in [0.717, 1.165) is 11.1 Å². The largest absolute Gasteiger partial charge is 0.236 e. The summed E-state index contributed by atoms with van der Waals surface area (Å²) in [6, 6.07) is 7.27. The van der Waals surface area contributed by atoms with Crippen molar-refractivity contribution in [2.45, 2.75) is 12.7 Å². The maximum Gasteiger partial charge on any atom is 0.236 e. The lowest BCUT2D eigenvalue weighted by molar-refractivity contribution is 0.609. The summed E-state index contributed by atoms with van der Waals surface area (Å²) in [5.74, 6) is -0.0960. The minimum atomic E-state index is -3.43. The predicted molar refractivity (Wildman–Crippen MR) is 49.7 cm³/mol. The van der Waals surface area contributed by atoms with Gasteiger partial charge in [-0.1, -0.05) is 24.3 Å². The number of aryl methyl sites for hydroxylation is 1. The van der Waals surface area contributed by atoms with E-state index in [1.165, 1.54) is 0 Å². The Morgan fingerprint density at radius 3 is 2.42 bits per heavy atom. The molecule has 1 aromatic carbocycles. The molecule has 0 unspecified atom stereocenters. The molecule has 0 fully saturated rings. The van der Waals surface area contributed by atoms with E-state index in [2.05, 4.69) is 0 Å². The molecule has 4 heteroatoms. The van der Waals surface area contributed by atoms with Crippen molar-refractivity contribution in [1.82, 2.24) is 0 Å². The molecule has 0 N–H and O–H groups in total. The van der Waals surface area contributed by atoms with Crippen molar-refractivity contribution in [2.75, 3.05) is 0 Å². The first kappa shape index (κ1) is 9.55. The fourth-order valence-corrected chi connectivity index (χ4v) is 2.01. The molecular weight excluding hydrogens is 196 g/mol. The summed E-state index contributed by atoms with van der Waals surface area (Å²) in [5, 5.41) is 0. The van der Waals surface area contributed by atoms with Crippen LogP contribution in [-0.2, 0) is 14.8 Å². The van der Waals surface area contributed by atoms with Crippen LogP contribution in [0.25, 0.3) is 0 Å². The van der Waals surface area contributed by atoms with E-state index in [1.807, 2.05) is 19.1 Å². The molecule has 0 saturated heterocycles. The van der Waals surface area contributed by atoms with Gasteiger partial charge in [0.15, 0.2) is 0 Å². The minimum absolute atomic E-state index is 0.0960. The summed E-state index contributed by atoms with van der Waals surface area (Å²) in [4.78, 5) is 0. The second kappa shape index (κ2) is 3.46. The number of hydrogen-bond acceptors (Lipinski definition) is 2. The molecule has 0 heterocycles. The van der Waals surface area contributed by atoms with Crippen molar-refractivity contribution < 1.29 is 8.42 Å². The summed E-state index contributed by atoms with van der Waals surface area (Å²) in [6.07, 6.45) is 0. The van der Waals surface area contributed by atoms with Crippen molar-refractivity contribution in [3.63, 3.8) is 0 Å². The summed E-state index contributed by atoms with van der Waals surface area (Å²) >= 11 is 0. The van der Waals surface area contributed by atoms with E-state index in [9.17, 15) is 8.42 Å². The SMILES string of the molecule is Cc1ccccc1CS(=O)(=O)Cl. The van der Waals surface area contributed by atoms with Crippen molar-refractivity contribution in [2.24, 2.45) is 0 Å². The number of rotatable bonds is 2. The first-order valence-corrected chi connectivity index (χ1v) is 5.94. The molecule has 12 heavy (non-hydrogen) atoms. The van der Waals surface area contributed by atoms with Gasteiger partial charge < -0.3 is 0 Å². The molecule has 0 amide bonds. The van der Waals surface area contributed by atoms with E-state index in [-0.39, 0.29) is 5.75 Å². The molecule has 0 bridgehead atoms. The summed E-state index contributed by atoms with van der Waals surface area (Å²) in [7, 11) is 1.68. The van der Waals surface area contributed by atoms with Crippen LogP contribution in [0.3, 0.4) is 0 Å². The van der Waals surface area contributed by atoms with Crippen LogP contribution < -0.4 is 0 Å². The van der Waals surface area contributed by atoms with Crippen molar-refractivity contribution in [3.8, 4) is 0 Å². The molecule has 0 saturated carbocycles. The van der Waals surface area contributed by atoms with Crippen LogP contribution in [0.5, 0.6) is 0 Å². The molecule has 0 spiro atoms. The lowest BCUT2D eigenvalue weighted by Gasteiger charge is -2.01. The highest BCUT2D eigenvalue weighted by atomic mass is 35.7. The van der Waals surface area contributed by atoms with E-state index >= 15 is 0 Å². The van der Waals surface area contributed by atoms with Crippen LogP contribution in [0.1, 0.15) is 11.1 Å². The highest BCUT2D eigenvalue weighted by Crippen LogP contribution is 2.13. The van der Waals surface area contributed by atoms with Crippen molar-refractivity contribution >= 4 is 19.7 Å². The van der Waals surface area contributed by atoms with Crippen molar-refractivity contribution in [3.05, 3.63) is 35.4 Å². The monoisotopic (exact) mass is 204 g/mol. The Kier molecular flexibility index (Phi) is 2.75. The molecule has 2 nitrogen and oxygen atoms in total. The fourth-order valence-electron chi connectivity index (χ4n) is 0.958. The van der Waals surface area contributed by atoms with Gasteiger partial charge in [-0.05, 0) is 18.1 Å². The summed E-state index contributed by atoms with van der Waals surface area (Å²) < 4.78 is 21.4. The molecule has 0 radical (unpaired) electrons. The van der Waals surface area contributed by atoms with Gasteiger partial charge >= 0.3 is 0 Å². The molecular formula is C8H9ClO2S. The maximum absolute atomic E-state index is 10.7. The summed E-state index contributed by atoms with van der Waals surface area (Å²) in [5.41, 5.74) is 1.70. The number of hydrogen-bond donors (Lipinski definition) is 0. The Hall–Kier alpha value is -0.540. The Bertz CT molecular complexity index is 370. The molecule has 0 aliphatic rings. The van der Waals surface area contributed by atoms with Crippen LogP contribution >= 0.6 is 10.7 Å². The zero-order valence-corrected chi connectivity index (χ0v) is 8.19. The maximum atomic E-state index is 10.7. The lowest BCUT2D eigenvalue weighted by Crippen LogP contribution is -1.96. The van der Waals surface area contributed by atoms with Gasteiger partial charge in [0.2, 0.25) is 9.05 Å². The van der Waals surface area contributed by atoms with Gasteiger partial charge in [0, 0.05) is 10.7 Å². The van der Waals surface area contributed by atoms with Crippen LogP contribution in [0.4, 0.5) is 0 Å². The third-order valence-electron chi connectivity index (χ3n) is 1.59. The van der Waals surface area contributed by atoms with Gasteiger partial charge in [0.1, 0.15) is 0 Å². The first-order valence-electron chi connectivity index (χ1n) is 3.46. The van der Waals surface area contributed by atoms with Gasteiger partial charge in [-0.15, -0.1) is 0 Å². The molecule has 66 valence electrons. The smallest absolute Gasteiger partial charge is 0.212 e. The van der Waals surface area contributed by atoms with Gasteiger partial charge in [-0.2, -0.15) is 0 Å². The highest BCUT2D eigenvalue weighted by molar-refractivity contribution is 8.13. The molecule has 1 aromatic rings. The Labute approximate surface area is 76.6 Å².